The molecule has 3 rings (SSSR count). The molecule has 1 aromatic heterocycles. The number of halogens is 1. The lowest BCUT2D eigenvalue weighted by Crippen LogP contribution is -2.45. The molecule has 1 fully saturated rings. The van der Waals surface area contributed by atoms with Crippen LogP contribution in [0, 0.1) is 0 Å². The van der Waals surface area contributed by atoms with Gasteiger partial charge in [-0.2, -0.15) is 5.10 Å². The van der Waals surface area contributed by atoms with Crippen molar-refractivity contribution in [2.24, 2.45) is 10.7 Å². The highest BCUT2D eigenvalue weighted by molar-refractivity contribution is 14.0. The SMILES string of the molecule is CN=C(NCc1cccc(OCC(N)=O)c1)N1CCC(c2ncn[nH]2)CC1.I. The summed E-state index contributed by atoms with van der Waals surface area (Å²) >= 11 is 0. The molecule has 2 heterocycles. The molecule has 0 saturated carbocycles. The summed E-state index contributed by atoms with van der Waals surface area (Å²) in [5, 5.41) is 10.3. The molecule has 1 amide bonds. The van der Waals surface area contributed by atoms with Gasteiger partial charge in [-0.1, -0.05) is 12.1 Å². The van der Waals surface area contributed by atoms with Gasteiger partial charge < -0.3 is 20.7 Å². The number of hydrogen-bond acceptors (Lipinski definition) is 5. The molecule has 0 aliphatic carbocycles. The third kappa shape index (κ3) is 6.08. The van der Waals surface area contributed by atoms with E-state index in [0.717, 1.165) is 43.3 Å². The van der Waals surface area contributed by atoms with Crippen molar-refractivity contribution in [1.82, 2.24) is 25.4 Å². The first-order chi connectivity index (χ1) is 13.2. The monoisotopic (exact) mass is 499 g/mol. The molecule has 1 saturated heterocycles. The number of guanidine groups is 1. The average Bonchev–Trinajstić information content (AvgIpc) is 3.22. The number of nitrogens with two attached hydrogens (primary N) is 1. The van der Waals surface area contributed by atoms with E-state index in [1.165, 1.54) is 0 Å². The number of aromatic nitrogens is 3. The lowest BCUT2D eigenvalue weighted by molar-refractivity contribution is -0.119. The Morgan fingerprint density at radius 3 is 2.86 bits per heavy atom. The summed E-state index contributed by atoms with van der Waals surface area (Å²) < 4.78 is 5.35. The first-order valence-corrected chi connectivity index (χ1v) is 8.96. The number of carbonyl (C=O) groups is 1. The van der Waals surface area contributed by atoms with Crippen molar-refractivity contribution in [3.8, 4) is 5.75 Å². The maximum atomic E-state index is 10.8. The number of piperidine rings is 1. The number of likely N-dealkylation sites (tertiary alicyclic amines) is 1. The predicted molar refractivity (Wildman–Crippen MR) is 117 cm³/mol. The molecule has 10 heteroatoms. The highest BCUT2D eigenvalue weighted by Crippen LogP contribution is 2.25. The molecule has 152 valence electrons. The van der Waals surface area contributed by atoms with Gasteiger partial charge in [0.05, 0.1) is 0 Å². The Morgan fingerprint density at radius 2 is 2.21 bits per heavy atom. The van der Waals surface area contributed by atoms with Crippen LogP contribution >= 0.6 is 24.0 Å². The number of amides is 1. The second-order valence-corrected chi connectivity index (χ2v) is 6.44. The molecule has 4 N–H and O–H groups in total. The number of ether oxygens (including phenoxy) is 1. The molecule has 0 atom stereocenters. The van der Waals surface area contributed by atoms with E-state index in [0.29, 0.717) is 18.2 Å². The summed E-state index contributed by atoms with van der Waals surface area (Å²) in [6.45, 7) is 2.31. The number of nitrogens with zero attached hydrogens (tertiary/aromatic N) is 4. The van der Waals surface area contributed by atoms with Crippen molar-refractivity contribution in [1.29, 1.82) is 0 Å². The Bertz CT molecular complexity index is 774. The van der Waals surface area contributed by atoms with Crippen molar-refractivity contribution in [3.63, 3.8) is 0 Å². The zero-order chi connectivity index (χ0) is 19.1. The van der Waals surface area contributed by atoms with Crippen LogP contribution in [-0.2, 0) is 11.3 Å². The van der Waals surface area contributed by atoms with E-state index < -0.39 is 5.91 Å². The summed E-state index contributed by atoms with van der Waals surface area (Å²) in [4.78, 5) is 21.8. The maximum Gasteiger partial charge on any atom is 0.255 e. The van der Waals surface area contributed by atoms with Crippen molar-refractivity contribution >= 4 is 35.8 Å². The second-order valence-electron chi connectivity index (χ2n) is 6.44. The van der Waals surface area contributed by atoms with E-state index in [-0.39, 0.29) is 30.6 Å². The quantitative estimate of drug-likeness (QED) is 0.313. The van der Waals surface area contributed by atoms with Gasteiger partial charge in [0.15, 0.2) is 12.6 Å². The summed E-state index contributed by atoms with van der Waals surface area (Å²) in [7, 11) is 1.79. The molecule has 0 bridgehead atoms. The van der Waals surface area contributed by atoms with Crippen LogP contribution in [0.5, 0.6) is 5.75 Å². The molecule has 0 spiro atoms. The summed E-state index contributed by atoms with van der Waals surface area (Å²) in [5.41, 5.74) is 6.15. The fourth-order valence-electron chi connectivity index (χ4n) is 3.19. The summed E-state index contributed by atoms with van der Waals surface area (Å²) in [6, 6.07) is 7.57. The van der Waals surface area contributed by atoms with Gasteiger partial charge >= 0.3 is 0 Å². The standard InChI is InChI=1S/C18H25N7O2.HI/c1-20-18(25-7-5-14(6-8-25)17-22-12-23-24-17)21-10-13-3-2-4-15(9-13)27-11-16(19)26;/h2-4,9,12,14H,5-8,10-11H2,1H3,(H2,19,26)(H,20,21)(H,22,23,24);1H. The minimum absolute atomic E-state index is 0. The normalized spacial score (nSPS) is 15.0. The number of hydrogen-bond donors (Lipinski definition) is 3. The number of nitrogens with one attached hydrogen (secondary N) is 2. The van der Waals surface area contributed by atoms with Crippen LogP contribution in [-0.4, -0.2) is 58.7 Å². The van der Waals surface area contributed by atoms with Crippen molar-refractivity contribution in [2.75, 3.05) is 26.7 Å². The van der Waals surface area contributed by atoms with Gasteiger partial charge in [-0.05, 0) is 30.5 Å². The fourth-order valence-corrected chi connectivity index (χ4v) is 3.19. The number of aromatic amines is 1. The molecule has 0 unspecified atom stereocenters. The molecule has 1 aromatic carbocycles. The zero-order valence-corrected chi connectivity index (χ0v) is 18.1. The van der Waals surface area contributed by atoms with Gasteiger partial charge in [-0.15, -0.1) is 24.0 Å². The van der Waals surface area contributed by atoms with Crippen molar-refractivity contribution in [2.45, 2.75) is 25.3 Å². The Hall–Kier alpha value is -2.37. The largest absolute Gasteiger partial charge is 0.484 e. The van der Waals surface area contributed by atoms with Crippen molar-refractivity contribution < 1.29 is 9.53 Å². The van der Waals surface area contributed by atoms with Crippen LogP contribution in [0.3, 0.4) is 0 Å². The summed E-state index contributed by atoms with van der Waals surface area (Å²) in [5.74, 6) is 2.38. The molecule has 28 heavy (non-hydrogen) atoms. The Labute approximate surface area is 181 Å². The molecular formula is C18H26IN7O2. The number of rotatable bonds is 6. The molecule has 0 radical (unpaired) electrons. The number of carbonyl (C=O) groups excluding carboxylic acids is 1. The number of H-pyrrole nitrogens is 1. The van der Waals surface area contributed by atoms with E-state index in [1.807, 2.05) is 18.2 Å². The Morgan fingerprint density at radius 1 is 1.43 bits per heavy atom. The number of benzene rings is 1. The number of primary amides is 1. The molecule has 1 aliphatic rings. The maximum absolute atomic E-state index is 10.8. The van der Waals surface area contributed by atoms with Crippen LogP contribution in [0.15, 0.2) is 35.6 Å². The van der Waals surface area contributed by atoms with Crippen LogP contribution in [0.1, 0.15) is 30.1 Å². The van der Waals surface area contributed by atoms with E-state index in [9.17, 15) is 4.79 Å². The van der Waals surface area contributed by atoms with Crippen LogP contribution in [0.4, 0.5) is 0 Å². The lowest BCUT2D eigenvalue weighted by Gasteiger charge is -2.33. The molecule has 2 aromatic rings. The van der Waals surface area contributed by atoms with Crippen LogP contribution in [0.2, 0.25) is 0 Å². The second kappa shape index (κ2) is 10.8. The zero-order valence-electron chi connectivity index (χ0n) is 15.8. The van der Waals surface area contributed by atoms with Gasteiger partial charge in [-0.25, -0.2) is 4.98 Å². The Kier molecular flexibility index (Phi) is 8.48. The van der Waals surface area contributed by atoms with E-state index >= 15 is 0 Å². The molecule has 9 nitrogen and oxygen atoms in total. The fraction of sp³-hybridized carbons (Fsp3) is 0.444. The van der Waals surface area contributed by atoms with Crippen molar-refractivity contribution in [3.05, 3.63) is 42.0 Å². The van der Waals surface area contributed by atoms with Gasteiger partial charge in [0, 0.05) is 32.6 Å². The van der Waals surface area contributed by atoms with E-state index in [1.54, 1.807) is 19.4 Å². The minimum atomic E-state index is -0.493. The third-order valence-corrected chi connectivity index (χ3v) is 4.56. The van der Waals surface area contributed by atoms with Gasteiger partial charge in [0.1, 0.15) is 17.9 Å². The first-order valence-electron chi connectivity index (χ1n) is 8.96. The predicted octanol–water partition coefficient (Wildman–Crippen LogP) is 1.24. The average molecular weight is 499 g/mol. The van der Waals surface area contributed by atoms with Gasteiger partial charge in [0.25, 0.3) is 5.91 Å². The van der Waals surface area contributed by atoms with Gasteiger partial charge in [-0.3, -0.25) is 14.9 Å². The van der Waals surface area contributed by atoms with Gasteiger partial charge in [0.2, 0.25) is 0 Å². The summed E-state index contributed by atoms with van der Waals surface area (Å²) in [6.07, 6.45) is 3.57. The smallest absolute Gasteiger partial charge is 0.255 e. The third-order valence-electron chi connectivity index (χ3n) is 4.56. The Balaban J connectivity index is 0.00000280. The highest BCUT2D eigenvalue weighted by Gasteiger charge is 2.24. The van der Waals surface area contributed by atoms with Crippen LogP contribution < -0.4 is 15.8 Å². The minimum Gasteiger partial charge on any atom is -0.484 e. The van der Waals surface area contributed by atoms with E-state index in [2.05, 4.69) is 30.4 Å². The highest BCUT2D eigenvalue weighted by atomic mass is 127. The van der Waals surface area contributed by atoms with Crippen LogP contribution in [0.25, 0.3) is 0 Å². The topological polar surface area (TPSA) is 122 Å². The molecular weight excluding hydrogens is 473 g/mol. The first kappa shape index (κ1) is 21.9. The van der Waals surface area contributed by atoms with E-state index in [4.69, 9.17) is 10.5 Å². The number of aliphatic imine (C=N–C) groups is 1. The lowest BCUT2D eigenvalue weighted by atomic mass is 9.96. The molecule has 1 aliphatic heterocycles.